The third-order valence-corrected chi connectivity index (χ3v) is 3.14. The number of nitrogens with zero attached hydrogens (tertiary/aromatic N) is 1. The monoisotopic (exact) mass is 248 g/mol. The Morgan fingerprint density at radius 2 is 2.12 bits per heavy atom. The van der Waals surface area contributed by atoms with E-state index in [0.29, 0.717) is 0 Å². The van der Waals surface area contributed by atoms with Crippen LogP contribution >= 0.6 is 11.6 Å². The van der Waals surface area contributed by atoms with Crippen molar-refractivity contribution in [3.05, 3.63) is 35.5 Å². The predicted molar refractivity (Wildman–Crippen MR) is 74.8 cm³/mol. The molecule has 0 saturated carbocycles. The summed E-state index contributed by atoms with van der Waals surface area (Å²) in [5.41, 5.74) is 2.03. The maximum Gasteiger partial charge on any atom is 0.0948 e. The number of hydrogen-bond acceptors (Lipinski definition) is 2. The number of anilines is 1. The van der Waals surface area contributed by atoms with Gasteiger partial charge in [0.25, 0.3) is 0 Å². The Morgan fingerprint density at radius 1 is 1.24 bits per heavy atom. The zero-order chi connectivity index (χ0) is 12.1. The average Bonchev–Trinajstić information content (AvgIpc) is 2.37. The van der Waals surface area contributed by atoms with Gasteiger partial charge in [-0.05, 0) is 30.7 Å². The smallest absolute Gasteiger partial charge is 0.0948 e. The SMILES string of the molecule is CCCCCNc1ccc(Cl)c2cccnc12. The Balaban J connectivity index is 2.20. The molecule has 0 atom stereocenters. The summed E-state index contributed by atoms with van der Waals surface area (Å²) >= 11 is 6.15. The van der Waals surface area contributed by atoms with Crippen molar-refractivity contribution in [2.75, 3.05) is 11.9 Å². The van der Waals surface area contributed by atoms with Crippen LogP contribution in [0.15, 0.2) is 30.5 Å². The molecule has 1 heterocycles. The van der Waals surface area contributed by atoms with E-state index in [0.717, 1.165) is 28.2 Å². The van der Waals surface area contributed by atoms with E-state index < -0.39 is 0 Å². The molecule has 2 aromatic rings. The molecule has 17 heavy (non-hydrogen) atoms. The Hall–Kier alpha value is -1.28. The van der Waals surface area contributed by atoms with E-state index in [2.05, 4.69) is 17.2 Å². The van der Waals surface area contributed by atoms with Crippen LogP contribution in [0.4, 0.5) is 5.69 Å². The average molecular weight is 249 g/mol. The maximum absolute atomic E-state index is 6.15. The fraction of sp³-hybridized carbons (Fsp3) is 0.357. The minimum absolute atomic E-state index is 0.757. The molecule has 2 nitrogen and oxygen atoms in total. The summed E-state index contributed by atoms with van der Waals surface area (Å²) in [4.78, 5) is 4.39. The van der Waals surface area contributed by atoms with E-state index in [1.807, 2.05) is 24.3 Å². The summed E-state index contributed by atoms with van der Waals surface area (Å²) in [6.07, 6.45) is 5.48. The lowest BCUT2D eigenvalue weighted by Gasteiger charge is -2.09. The van der Waals surface area contributed by atoms with Gasteiger partial charge in [-0.3, -0.25) is 4.98 Å². The number of hydrogen-bond donors (Lipinski definition) is 1. The highest BCUT2D eigenvalue weighted by Gasteiger charge is 2.04. The molecule has 0 unspecified atom stereocenters. The molecular formula is C14H17ClN2. The van der Waals surface area contributed by atoms with Crippen LogP contribution in [0.2, 0.25) is 5.02 Å². The molecule has 1 aromatic heterocycles. The van der Waals surface area contributed by atoms with Crippen molar-refractivity contribution in [2.24, 2.45) is 0 Å². The summed E-state index contributed by atoms with van der Waals surface area (Å²) in [6, 6.07) is 7.84. The number of pyridine rings is 1. The van der Waals surface area contributed by atoms with Gasteiger partial charge in [0.05, 0.1) is 16.2 Å². The van der Waals surface area contributed by atoms with Crippen LogP contribution in [0.3, 0.4) is 0 Å². The van der Waals surface area contributed by atoms with Gasteiger partial charge >= 0.3 is 0 Å². The lowest BCUT2D eigenvalue weighted by Crippen LogP contribution is -2.02. The van der Waals surface area contributed by atoms with Gasteiger partial charge in [-0.1, -0.05) is 31.4 Å². The summed E-state index contributed by atoms with van der Waals surface area (Å²) in [5.74, 6) is 0. The number of aromatic nitrogens is 1. The molecule has 3 heteroatoms. The van der Waals surface area contributed by atoms with Crippen LogP contribution in [0.5, 0.6) is 0 Å². The largest absolute Gasteiger partial charge is 0.383 e. The van der Waals surface area contributed by atoms with E-state index in [-0.39, 0.29) is 0 Å². The molecular weight excluding hydrogens is 232 g/mol. The molecule has 0 radical (unpaired) electrons. The highest BCUT2D eigenvalue weighted by Crippen LogP contribution is 2.27. The molecule has 0 spiro atoms. The summed E-state index contributed by atoms with van der Waals surface area (Å²) in [7, 11) is 0. The Bertz CT molecular complexity index is 497. The zero-order valence-corrected chi connectivity index (χ0v) is 10.8. The second kappa shape index (κ2) is 5.87. The lowest BCUT2D eigenvalue weighted by atomic mass is 10.2. The van der Waals surface area contributed by atoms with Gasteiger partial charge in [-0.2, -0.15) is 0 Å². The third kappa shape index (κ3) is 2.89. The van der Waals surface area contributed by atoms with Crippen molar-refractivity contribution < 1.29 is 0 Å². The molecule has 90 valence electrons. The fourth-order valence-corrected chi connectivity index (χ4v) is 2.09. The summed E-state index contributed by atoms with van der Waals surface area (Å²) in [5, 5.41) is 5.19. The number of rotatable bonds is 5. The number of unbranched alkanes of at least 4 members (excludes halogenated alkanes) is 2. The molecule has 0 aliphatic carbocycles. The molecule has 0 fully saturated rings. The van der Waals surface area contributed by atoms with Gasteiger partial charge in [-0.25, -0.2) is 0 Å². The molecule has 0 bridgehead atoms. The Morgan fingerprint density at radius 3 is 2.94 bits per heavy atom. The number of fused-ring (bicyclic) bond motifs is 1. The van der Waals surface area contributed by atoms with Crippen LogP contribution < -0.4 is 5.32 Å². The first-order valence-corrected chi connectivity index (χ1v) is 6.48. The van der Waals surface area contributed by atoms with Crippen molar-refractivity contribution in [3.8, 4) is 0 Å². The normalized spacial score (nSPS) is 10.7. The van der Waals surface area contributed by atoms with Crippen molar-refractivity contribution >= 4 is 28.2 Å². The molecule has 1 N–H and O–H groups in total. The summed E-state index contributed by atoms with van der Waals surface area (Å²) in [6.45, 7) is 3.19. The predicted octanol–water partition coefficient (Wildman–Crippen LogP) is 4.49. The van der Waals surface area contributed by atoms with Crippen molar-refractivity contribution in [3.63, 3.8) is 0 Å². The van der Waals surface area contributed by atoms with Crippen LogP contribution in [0, 0.1) is 0 Å². The first kappa shape index (κ1) is 12.2. The van der Waals surface area contributed by atoms with Gasteiger partial charge in [0.15, 0.2) is 0 Å². The number of nitrogens with one attached hydrogen (secondary N) is 1. The van der Waals surface area contributed by atoms with Crippen molar-refractivity contribution in [1.29, 1.82) is 0 Å². The molecule has 1 aromatic carbocycles. The molecule has 2 rings (SSSR count). The van der Waals surface area contributed by atoms with Gasteiger partial charge in [-0.15, -0.1) is 0 Å². The van der Waals surface area contributed by atoms with Crippen LogP contribution in [0.1, 0.15) is 26.2 Å². The minimum Gasteiger partial charge on any atom is -0.383 e. The van der Waals surface area contributed by atoms with E-state index in [4.69, 9.17) is 11.6 Å². The molecule has 0 amide bonds. The van der Waals surface area contributed by atoms with Gasteiger partial charge in [0.2, 0.25) is 0 Å². The third-order valence-electron chi connectivity index (χ3n) is 2.81. The van der Waals surface area contributed by atoms with Crippen molar-refractivity contribution in [1.82, 2.24) is 4.98 Å². The van der Waals surface area contributed by atoms with Crippen molar-refractivity contribution in [2.45, 2.75) is 26.2 Å². The van der Waals surface area contributed by atoms with Crippen LogP contribution in [0.25, 0.3) is 10.9 Å². The first-order chi connectivity index (χ1) is 8.33. The number of benzene rings is 1. The molecule has 0 aliphatic rings. The first-order valence-electron chi connectivity index (χ1n) is 6.10. The summed E-state index contributed by atoms with van der Waals surface area (Å²) < 4.78 is 0. The Labute approximate surface area is 107 Å². The van der Waals surface area contributed by atoms with E-state index in [1.165, 1.54) is 19.3 Å². The minimum atomic E-state index is 0.757. The standard InChI is InChI=1S/C14H17ClN2/c1-2-3-4-9-16-13-8-7-12(15)11-6-5-10-17-14(11)13/h5-8,10,16H,2-4,9H2,1H3. The van der Waals surface area contributed by atoms with Gasteiger partial charge in [0.1, 0.15) is 0 Å². The quantitative estimate of drug-likeness (QED) is 0.789. The molecule has 0 aliphatic heterocycles. The lowest BCUT2D eigenvalue weighted by molar-refractivity contribution is 0.744. The van der Waals surface area contributed by atoms with E-state index >= 15 is 0 Å². The topological polar surface area (TPSA) is 24.9 Å². The van der Waals surface area contributed by atoms with Crippen LogP contribution in [-0.2, 0) is 0 Å². The zero-order valence-electron chi connectivity index (χ0n) is 10.0. The maximum atomic E-state index is 6.15. The molecule has 0 saturated heterocycles. The van der Waals surface area contributed by atoms with E-state index in [1.54, 1.807) is 6.20 Å². The number of halogens is 1. The fourth-order valence-electron chi connectivity index (χ4n) is 1.88. The van der Waals surface area contributed by atoms with Gasteiger partial charge in [0, 0.05) is 18.1 Å². The van der Waals surface area contributed by atoms with Gasteiger partial charge < -0.3 is 5.32 Å². The van der Waals surface area contributed by atoms with E-state index in [9.17, 15) is 0 Å². The Kier molecular flexibility index (Phi) is 4.21. The second-order valence-electron chi connectivity index (χ2n) is 4.13. The highest BCUT2D eigenvalue weighted by molar-refractivity contribution is 6.35. The highest BCUT2D eigenvalue weighted by atomic mass is 35.5. The van der Waals surface area contributed by atoms with Crippen LogP contribution in [-0.4, -0.2) is 11.5 Å². The second-order valence-corrected chi connectivity index (χ2v) is 4.54.